The molecule has 1 heterocycles. The normalized spacial score (nSPS) is 15.5. The second-order valence-electron chi connectivity index (χ2n) is 4.70. The maximum absolute atomic E-state index is 12.5. The summed E-state index contributed by atoms with van der Waals surface area (Å²) in [6, 6.07) is 12.5. The first-order valence-electron chi connectivity index (χ1n) is 6.49. The van der Waals surface area contributed by atoms with E-state index < -0.39 is 0 Å². The molecule has 106 valence electrons. The molecular formula is C17H13ClO3. The summed E-state index contributed by atoms with van der Waals surface area (Å²) in [6.45, 7) is 0.265. The van der Waals surface area contributed by atoms with Crippen LogP contribution in [0.3, 0.4) is 0 Å². The van der Waals surface area contributed by atoms with Gasteiger partial charge in [-0.3, -0.25) is 4.79 Å². The molecule has 0 amide bonds. The summed E-state index contributed by atoms with van der Waals surface area (Å²) in [5.41, 5.74) is 2.05. The number of Topliss-reactive ketones (excluding diaryl/α,β-unsaturated/α-hetero) is 1. The average Bonchev–Trinajstić information content (AvgIpc) is 2.52. The van der Waals surface area contributed by atoms with Crippen molar-refractivity contribution in [1.82, 2.24) is 0 Å². The third-order valence-electron chi connectivity index (χ3n) is 3.32. The lowest BCUT2D eigenvalue weighted by Gasteiger charge is -2.19. The Kier molecular flexibility index (Phi) is 3.67. The van der Waals surface area contributed by atoms with Crippen LogP contribution in [-0.4, -0.2) is 19.5 Å². The lowest BCUT2D eigenvalue weighted by Crippen LogP contribution is -2.19. The van der Waals surface area contributed by atoms with Gasteiger partial charge in [0, 0.05) is 10.6 Å². The Hall–Kier alpha value is -2.26. The zero-order valence-corrected chi connectivity index (χ0v) is 12.2. The van der Waals surface area contributed by atoms with E-state index in [0.29, 0.717) is 27.7 Å². The monoisotopic (exact) mass is 300 g/mol. The van der Waals surface area contributed by atoms with Crippen molar-refractivity contribution >= 4 is 23.5 Å². The van der Waals surface area contributed by atoms with E-state index in [9.17, 15) is 4.79 Å². The van der Waals surface area contributed by atoms with Crippen molar-refractivity contribution in [3.8, 4) is 11.5 Å². The molecule has 0 saturated heterocycles. The van der Waals surface area contributed by atoms with Gasteiger partial charge in [-0.05, 0) is 42.0 Å². The van der Waals surface area contributed by atoms with Gasteiger partial charge in [-0.15, -0.1) is 0 Å². The molecule has 0 spiro atoms. The molecule has 0 radical (unpaired) electrons. The minimum absolute atomic E-state index is 0.0369. The fraction of sp³-hybridized carbons (Fsp3) is 0.118. The molecule has 1 aliphatic rings. The molecule has 0 N–H and O–H groups in total. The van der Waals surface area contributed by atoms with Crippen molar-refractivity contribution in [3.05, 3.63) is 64.2 Å². The average molecular weight is 301 g/mol. The van der Waals surface area contributed by atoms with E-state index >= 15 is 0 Å². The molecule has 0 fully saturated rings. The zero-order chi connectivity index (χ0) is 14.8. The lowest BCUT2D eigenvalue weighted by atomic mass is 9.98. The first-order valence-corrected chi connectivity index (χ1v) is 6.87. The van der Waals surface area contributed by atoms with Crippen LogP contribution in [0.5, 0.6) is 11.5 Å². The fourth-order valence-electron chi connectivity index (χ4n) is 2.20. The molecule has 3 nitrogen and oxygen atoms in total. The number of halogens is 1. The maximum Gasteiger partial charge on any atom is 0.196 e. The van der Waals surface area contributed by atoms with Crippen LogP contribution < -0.4 is 9.47 Å². The summed E-state index contributed by atoms with van der Waals surface area (Å²) >= 11 is 5.86. The van der Waals surface area contributed by atoms with Gasteiger partial charge in [0.05, 0.1) is 12.7 Å². The maximum atomic E-state index is 12.5. The van der Waals surface area contributed by atoms with Gasteiger partial charge in [-0.25, -0.2) is 0 Å². The summed E-state index contributed by atoms with van der Waals surface area (Å²) in [5, 5.41) is 0.665. The van der Waals surface area contributed by atoms with Crippen LogP contribution in [0.25, 0.3) is 6.08 Å². The quantitative estimate of drug-likeness (QED) is 0.786. The van der Waals surface area contributed by atoms with Crippen molar-refractivity contribution < 1.29 is 14.3 Å². The van der Waals surface area contributed by atoms with Crippen molar-refractivity contribution in [2.75, 3.05) is 13.7 Å². The third-order valence-corrected chi connectivity index (χ3v) is 3.57. The predicted octanol–water partition coefficient (Wildman–Crippen LogP) is 4.01. The van der Waals surface area contributed by atoms with Crippen LogP contribution in [0.1, 0.15) is 15.9 Å². The largest absolute Gasteiger partial charge is 0.497 e. The van der Waals surface area contributed by atoms with Gasteiger partial charge in [0.25, 0.3) is 0 Å². The highest BCUT2D eigenvalue weighted by Crippen LogP contribution is 2.31. The van der Waals surface area contributed by atoms with Gasteiger partial charge in [-0.2, -0.15) is 0 Å². The number of ketones is 1. The van der Waals surface area contributed by atoms with Crippen LogP contribution >= 0.6 is 11.6 Å². The Balaban J connectivity index is 1.96. The number of carbonyl (C=O) groups is 1. The standard InChI is InChI=1S/C17H13ClO3/c1-20-14-6-7-16-15(9-14)17(19)12(10-21-16)8-11-2-4-13(18)5-3-11/h2-9H,10H2,1H3. The summed E-state index contributed by atoms with van der Waals surface area (Å²) in [6.07, 6.45) is 1.82. The van der Waals surface area contributed by atoms with E-state index in [-0.39, 0.29) is 12.4 Å². The van der Waals surface area contributed by atoms with Crippen molar-refractivity contribution in [2.45, 2.75) is 0 Å². The van der Waals surface area contributed by atoms with E-state index in [4.69, 9.17) is 21.1 Å². The Morgan fingerprint density at radius 2 is 1.95 bits per heavy atom. The van der Waals surface area contributed by atoms with Crippen molar-refractivity contribution in [3.63, 3.8) is 0 Å². The van der Waals surface area contributed by atoms with Crippen LogP contribution in [-0.2, 0) is 0 Å². The molecule has 21 heavy (non-hydrogen) atoms. The van der Waals surface area contributed by atoms with E-state index in [2.05, 4.69) is 0 Å². The number of benzene rings is 2. The highest BCUT2D eigenvalue weighted by atomic mass is 35.5. The minimum atomic E-state index is -0.0369. The van der Waals surface area contributed by atoms with E-state index in [1.807, 2.05) is 18.2 Å². The zero-order valence-electron chi connectivity index (χ0n) is 11.4. The molecule has 0 aliphatic carbocycles. The Bertz CT molecular complexity index is 717. The SMILES string of the molecule is COc1ccc2c(c1)C(=O)C(=Cc1ccc(Cl)cc1)CO2. The van der Waals surface area contributed by atoms with Crippen molar-refractivity contribution in [2.24, 2.45) is 0 Å². The lowest BCUT2D eigenvalue weighted by molar-refractivity contribution is 0.100. The smallest absolute Gasteiger partial charge is 0.196 e. The van der Waals surface area contributed by atoms with Gasteiger partial charge < -0.3 is 9.47 Å². The second-order valence-corrected chi connectivity index (χ2v) is 5.14. The molecule has 3 rings (SSSR count). The molecule has 0 unspecified atom stereocenters. The van der Waals surface area contributed by atoms with Crippen LogP contribution in [0.4, 0.5) is 0 Å². The molecule has 0 bridgehead atoms. The molecule has 0 aromatic heterocycles. The molecule has 4 heteroatoms. The Labute approximate surface area is 127 Å². The number of methoxy groups -OCH3 is 1. The predicted molar refractivity (Wildman–Crippen MR) is 82.2 cm³/mol. The number of ether oxygens (including phenoxy) is 2. The van der Waals surface area contributed by atoms with Gasteiger partial charge in [0.15, 0.2) is 5.78 Å². The number of fused-ring (bicyclic) bond motifs is 1. The first kappa shape index (κ1) is 13.7. The van der Waals surface area contributed by atoms with E-state index in [1.165, 1.54) is 0 Å². The number of carbonyl (C=O) groups excluding carboxylic acids is 1. The Morgan fingerprint density at radius 3 is 2.67 bits per heavy atom. The van der Waals surface area contributed by atoms with E-state index in [1.54, 1.807) is 37.4 Å². The van der Waals surface area contributed by atoms with Gasteiger partial charge in [0.2, 0.25) is 0 Å². The minimum Gasteiger partial charge on any atom is -0.497 e. The third kappa shape index (κ3) is 2.78. The van der Waals surface area contributed by atoms with Crippen LogP contribution in [0.15, 0.2) is 48.0 Å². The number of rotatable bonds is 2. The molecule has 2 aromatic carbocycles. The number of hydrogen-bond donors (Lipinski definition) is 0. The summed E-state index contributed by atoms with van der Waals surface area (Å²) in [4.78, 5) is 12.5. The van der Waals surface area contributed by atoms with Crippen molar-refractivity contribution in [1.29, 1.82) is 0 Å². The summed E-state index contributed by atoms with van der Waals surface area (Å²) in [7, 11) is 1.57. The van der Waals surface area contributed by atoms with Crippen LogP contribution in [0, 0.1) is 0 Å². The number of hydrogen-bond acceptors (Lipinski definition) is 3. The fourth-order valence-corrected chi connectivity index (χ4v) is 2.33. The topological polar surface area (TPSA) is 35.5 Å². The van der Waals surface area contributed by atoms with Gasteiger partial charge >= 0.3 is 0 Å². The highest BCUT2D eigenvalue weighted by Gasteiger charge is 2.23. The Morgan fingerprint density at radius 1 is 1.19 bits per heavy atom. The molecule has 1 aliphatic heterocycles. The summed E-state index contributed by atoms with van der Waals surface area (Å²) < 4.78 is 10.8. The summed E-state index contributed by atoms with van der Waals surface area (Å²) in [5.74, 6) is 1.19. The van der Waals surface area contributed by atoms with Crippen LogP contribution in [0.2, 0.25) is 5.02 Å². The first-order chi connectivity index (χ1) is 10.2. The van der Waals surface area contributed by atoms with E-state index in [0.717, 1.165) is 5.56 Å². The van der Waals surface area contributed by atoms with Gasteiger partial charge in [0.1, 0.15) is 18.1 Å². The highest BCUT2D eigenvalue weighted by molar-refractivity contribution is 6.30. The second kappa shape index (κ2) is 5.62. The molecule has 0 saturated carbocycles. The molecule has 0 atom stereocenters. The van der Waals surface area contributed by atoms with Gasteiger partial charge in [-0.1, -0.05) is 23.7 Å². The molecular weight excluding hydrogens is 288 g/mol. The molecule has 2 aromatic rings.